The summed E-state index contributed by atoms with van der Waals surface area (Å²) in [6.07, 6.45) is 1.10. The summed E-state index contributed by atoms with van der Waals surface area (Å²) in [6, 6.07) is 5.02. The molecule has 3 N–H and O–H groups in total. The Kier molecular flexibility index (Phi) is 8.12. The third-order valence-corrected chi connectivity index (χ3v) is 3.13. The van der Waals surface area contributed by atoms with E-state index in [2.05, 4.69) is 5.32 Å². The number of carbonyl (C=O) groups excluding carboxylic acids is 1. The van der Waals surface area contributed by atoms with Crippen LogP contribution in [0.5, 0.6) is 0 Å². The number of benzene rings is 1. The summed E-state index contributed by atoms with van der Waals surface area (Å²) in [4.78, 5) is 11.8. The molecule has 0 heterocycles. The second kappa shape index (κ2) is 9.60. The predicted molar refractivity (Wildman–Crippen MR) is 85.6 cm³/mol. The molecule has 0 aromatic heterocycles. The van der Waals surface area contributed by atoms with Gasteiger partial charge in [0.25, 0.3) is 0 Å². The molecule has 118 valence electrons. The van der Waals surface area contributed by atoms with Gasteiger partial charge in [0, 0.05) is 25.3 Å². The van der Waals surface area contributed by atoms with E-state index in [1.54, 1.807) is 18.2 Å². The molecule has 5 nitrogen and oxygen atoms in total. The minimum absolute atomic E-state index is 0.0454. The van der Waals surface area contributed by atoms with Crippen molar-refractivity contribution < 1.29 is 14.3 Å². The number of nitrogens with two attached hydrogens (primary N) is 1. The zero-order valence-corrected chi connectivity index (χ0v) is 13.3. The summed E-state index contributed by atoms with van der Waals surface area (Å²) in [5.41, 5.74) is 6.77. The first-order valence-corrected chi connectivity index (χ1v) is 7.45. The fraction of sp³-hybridized carbons (Fsp3) is 0.533. The zero-order chi connectivity index (χ0) is 15.7. The molecular formula is C15H23ClN2O3. The van der Waals surface area contributed by atoms with Gasteiger partial charge in [0.05, 0.1) is 23.4 Å². The smallest absolute Gasteiger partial charge is 0.224 e. The van der Waals surface area contributed by atoms with Crippen molar-refractivity contribution >= 4 is 28.9 Å². The fourth-order valence-electron chi connectivity index (χ4n) is 1.69. The molecule has 0 aliphatic heterocycles. The Balaban J connectivity index is 2.20. The third-order valence-electron chi connectivity index (χ3n) is 2.79. The lowest BCUT2D eigenvalue weighted by molar-refractivity contribution is -0.116. The molecule has 0 bridgehead atoms. The Morgan fingerprint density at radius 1 is 1.48 bits per heavy atom. The van der Waals surface area contributed by atoms with Gasteiger partial charge in [-0.15, -0.1) is 0 Å². The lowest BCUT2D eigenvalue weighted by Gasteiger charge is -2.12. The molecule has 0 fully saturated rings. The highest BCUT2D eigenvalue weighted by Gasteiger charge is 2.06. The number of ether oxygens (including phenoxy) is 2. The van der Waals surface area contributed by atoms with Crippen LogP contribution in [0.4, 0.5) is 11.4 Å². The first-order chi connectivity index (χ1) is 10.0. The van der Waals surface area contributed by atoms with E-state index in [-0.39, 0.29) is 12.0 Å². The summed E-state index contributed by atoms with van der Waals surface area (Å²) < 4.78 is 10.8. The van der Waals surface area contributed by atoms with Crippen LogP contribution < -0.4 is 11.1 Å². The van der Waals surface area contributed by atoms with Gasteiger partial charge in [-0.1, -0.05) is 11.6 Å². The van der Waals surface area contributed by atoms with Gasteiger partial charge < -0.3 is 20.5 Å². The van der Waals surface area contributed by atoms with E-state index in [4.69, 9.17) is 26.8 Å². The largest absolute Gasteiger partial charge is 0.397 e. The molecule has 1 unspecified atom stereocenters. The van der Waals surface area contributed by atoms with E-state index in [0.29, 0.717) is 49.1 Å². The van der Waals surface area contributed by atoms with Crippen LogP contribution in [0.25, 0.3) is 0 Å². The van der Waals surface area contributed by atoms with Crippen LogP contribution in [0, 0.1) is 0 Å². The van der Waals surface area contributed by atoms with E-state index in [1.807, 2.05) is 13.8 Å². The predicted octanol–water partition coefficient (Wildman–Crippen LogP) is 3.08. The van der Waals surface area contributed by atoms with Crippen LogP contribution in [0.15, 0.2) is 18.2 Å². The number of halogens is 1. The molecule has 21 heavy (non-hydrogen) atoms. The number of hydrogen-bond acceptors (Lipinski definition) is 4. The molecule has 0 aliphatic carbocycles. The molecule has 6 heteroatoms. The Labute approximate surface area is 130 Å². The monoisotopic (exact) mass is 314 g/mol. The van der Waals surface area contributed by atoms with Crippen LogP contribution in [-0.2, 0) is 14.3 Å². The van der Waals surface area contributed by atoms with Gasteiger partial charge in [-0.3, -0.25) is 4.79 Å². The van der Waals surface area contributed by atoms with Crippen molar-refractivity contribution in [1.29, 1.82) is 0 Å². The van der Waals surface area contributed by atoms with Gasteiger partial charge in [-0.05, 0) is 38.5 Å². The summed E-state index contributed by atoms with van der Waals surface area (Å²) in [7, 11) is 0. The molecule has 1 rings (SSSR count). The van der Waals surface area contributed by atoms with Crippen LogP contribution in [0.1, 0.15) is 26.7 Å². The number of anilines is 2. The maximum atomic E-state index is 11.8. The van der Waals surface area contributed by atoms with Gasteiger partial charge in [0.1, 0.15) is 0 Å². The average molecular weight is 315 g/mol. The van der Waals surface area contributed by atoms with Gasteiger partial charge in [0.15, 0.2) is 0 Å². The summed E-state index contributed by atoms with van der Waals surface area (Å²) in [5.74, 6) is -0.0715. The summed E-state index contributed by atoms with van der Waals surface area (Å²) in [5, 5.41) is 3.25. The van der Waals surface area contributed by atoms with Gasteiger partial charge in [-0.2, -0.15) is 0 Å². The van der Waals surface area contributed by atoms with Crippen molar-refractivity contribution in [2.24, 2.45) is 0 Å². The van der Waals surface area contributed by atoms with Crippen molar-refractivity contribution in [1.82, 2.24) is 0 Å². The van der Waals surface area contributed by atoms with Crippen LogP contribution in [-0.4, -0.2) is 31.8 Å². The molecule has 1 atom stereocenters. The Bertz CT molecular complexity index is 455. The lowest BCUT2D eigenvalue weighted by Crippen LogP contribution is -2.18. The molecule has 0 saturated carbocycles. The zero-order valence-electron chi connectivity index (χ0n) is 12.5. The summed E-state index contributed by atoms with van der Waals surface area (Å²) >= 11 is 5.82. The van der Waals surface area contributed by atoms with Gasteiger partial charge >= 0.3 is 0 Å². The molecule has 0 saturated heterocycles. The van der Waals surface area contributed by atoms with Gasteiger partial charge in [-0.25, -0.2) is 0 Å². The standard InChI is InChI=1S/C15H23ClN2O3/c1-3-20-10-11(2)21-8-4-5-15(19)18-12-6-7-13(16)14(17)9-12/h6-7,9,11H,3-5,8,10,17H2,1-2H3,(H,18,19). The minimum Gasteiger partial charge on any atom is -0.397 e. The number of nitrogens with one attached hydrogen (secondary N) is 1. The highest BCUT2D eigenvalue weighted by atomic mass is 35.5. The third kappa shape index (κ3) is 7.32. The van der Waals surface area contributed by atoms with Crippen molar-refractivity contribution in [3.8, 4) is 0 Å². The minimum atomic E-state index is -0.0715. The topological polar surface area (TPSA) is 73.6 Å². The second-order valence-corrected chi connectivity index (χ2v) is 5.14. The highest BCUT2D eigenvalue weighted by Crippen LogP contribution is 2.22. The van der Waals surface area contributed by atoms with Crippen molar-refractivity contribution in [2.45, 2.75) is 32.8 Å². The molecular weight excluding hydrogens is 292 g/mol. The Hall–Kier alpha value is -1.30. The second-order valence-electron chi connectivity index (χ2n) is 4.73. The normalized spacial score (nSPS) is 12.1. The lowest BCUT2D eigenvalue weighted by atomic mass is 10.2. The van der Waals surface area contributed by atoms with Crippen molar-refractivity contribution in [3.05, 3.63) is 23.2 Å². The quantitative estimate of drug-likeness (QED) is 0.542. The molecule has 1 amide bonds. The van der Waals surface area contributed by atoms with E-state index in [9.17, 15) is 4.79 Å². The number of amides is 1. The average Bonchev–Trinajstić information content (AvgIpc) is 2.45. The molecule has 0 radical (unpaired) electrons. The first-order valence-electron chi connectivity index (χ1n) is 7.07. The van der Waals surface area contributed by atoms with E-state index in [1.165, 1.54) is 0 Å². The number of hydrogen-bond donors (Lipinski definition) is 2. The maximum absolute atomic E-state index is 11.8. The highest BCUT2D eigenvalue weighted by molar-refractivity contribution is 6.33. The summed E-state index contributed by atoms with van der Waals surface area (Å²) in [6.45, 7) is 5.68. The molecule has 0 spiro atoms. The van der Waals surface area contributed by atoms with E-state index in [0.717, 1.165) is 0 Å². The number of nitrogen functional groups attached to an aromatic ring is 1. The fourth-order valence-corrected chi connectivity index (χ4v) is 1.81. The molecule has 0 aliphatic rings. The number of rotatable bonds is 9. The van der Waals surface area contributed by atoms with Crippen LogP contribution in [0.3, 0.4) is 0 Å². The van der Waals surface area contributed by atoms with E-state index < -0.39 is 0 Å². The SMILES string of the molecule is CCOCC(C)OCCCC(=O)Nc1ccc(Cl)c(N)c1. The Morgan fingerprint density at radius 2 is 2.24 bits per heavy atom. The molecule has 1 aromatic carbocycles. The van der Waals surface area contributed by atoms with E-state index >= 15 is 0 Å². The van der Waals surface area contributed by atoms with Crippen molar-refractivity contribution in [2.75, 3.05) is 30.9 Å². The molecule has 1 aromatic rings. The first kappa shape index (κ1) is 17.8. The van der Waals surface area contributed by atoms with Crippen molar-refractivity contribution in [3.63, 3.8) is 0 Å². The maximum Gasteiger partial charge on any atom is 0.224 e. The van der Waals surface area contributed by atoms with Gasteiger partial charge in [0.2, 0.25) is 5.91 Å². The van der Waals surface area contributed by atoms with Crippen LogP contribution >= 0.6 is 11.6 Å². The number of carbonyl (C=O) groups is 1. The van der Waals surface area contributed by atoms with Crippen LogP contribution in [0.2, 0.25) is 5.02 Å². The Morgan fingerprint density at radius 3 is 2.90 bits per heavy atom.